The van der Waals surface area contributed by atoms with E-state index in [1.807, 2.05) is 66.2 Å². The predicted octanol–water partition coefficient (Wildman–Crippen LogP) is 5.02. The number of imide groups is 1. The molecule has 3 amide bonds. The minimum Gasteiger partial charge on any atom is -0.343 e. The van der Waals surface area contributed by atoms with Crippen molar-refractivity contribution in [1.29, 1.82) is 0 Å². The summed E-state index contributed by atoms with van der Waals surface area (Å²) in [4.78, 5) is 41.2. The molecule has 1 saturated heterocycles. The van der Waals surface area contributed by atoms with Crippen molar-refractivity contribution in [3.8, 4) is 11.3 Å². The van der Waals surface area contributed by atoms with Gasteiger partial charge in [0.1, 0.15) is 11.4 Å². The van der Waals surface area contributed by atoms with Gasteiger partial charge in [0, 0.05) is 18.0 Å². The predicted molar refractivity (Wildman–Crippen MR) is 131 cm³/mol. The number of hydrogen-bond donors (Lipinski definition) is 1. The molecule has 0 aliphatic carbocycles. The first-order valence-electron chi connectivity index (χ1n) is 11.4. The second kappa shape index (κ2) is 8.51. The largest absolute Gasteiger partial charge is 0.343 e. The Labute approximate surface area is 202 Å². The third-order valence-corrected chi connectivity index (χ3v) is 6.78. The Kier molecular flexibility index (Phi) is 5.47. The summed E-state index contributed by atoms with van der Waals surface area (Å²) >= 11 is 0. The second-order valence-electron chi connectivity index (χ2n) is 8.68. The van der Waals surface area contributed by atoms with E-state index in [2.05, 4.69) is 5.32 Å². The summed E-state index contributed by atoms with van der Waals surface area (Å²) in [5.41, 5.74) is 2.06. The lowest BCUT2D eigenvalue weighted by atomic mass is 9.87. The molecule has 5 rings (SSSR count). The highest BCUT2D eigenvalue weighted by atomic mass is 19.1. The van der Waals surface area contributed by atoms with Crippen LogP contribution in [0.1, 0.15) is 29.3 Å². The number of rotatable bonds is 6. The monoisotopic (exact) mass is 469 g/mol. The average Bonchev–Trinajstić information content (AvgIpc) is 3.31. The molecule has 7 heteroatoms. The number of carbonyl (C=O) groups excluding carboxylic acids is 3. The van der Waals surface area contributed by atoms with Gasteiger partial charge >= 0.3 is 6.03 Å². The zero-order valence-electron chi connectivity index (χ0n) is 19.4. The van der Waals surface area contributed by atoms with Gasteiger partial charge in [-0.3, -0.25) is 14.5 Å². The van der Waals surface area contributed by atoms with E-state index in [1.165, 1.54) is 24.3 Å². The van der Waals surface area contributed by atoms with Crippen LogP contribution in [0.25, 0.3) is 22.2 Å². The quantitative estimate of drug-likeness (QED) is 0.318. The number of Topliss-reactive ketones (excluding diaryl/α,β-unsaturated/α-hetero) is 1. The van der Waals surface area contributed by atoms with E-state index in [9.17, 15) is 18.8 Å². The first-order chi connectivity index (χ1) is 16.9. The maximum Gasteiger partial charge on any atom is 0.325 e. The molecule has 0 saturated carbocycles. The molecule has 6 nitrogen and oxygen atoms in total. The van der Waals surface area contributed by atoms with Crippen molar-refractivity contribution < 1.29 is 18.8 Å². The van der Waals surface area contributed by atoms with E-state index in [0.717, 1.165) is 27.1 Å². The molecule has 176 valence electrons. The van der Waals surface area contributed by atoms with Crippen LogP contribution in [0.15, 0.2) is 78.9 Å². The Balaban J connectivity index is 1.55. The number of carbonyl (C=O) groups is 3. The number of hydrogen-bond acceptors (Lipinski definition) is 3. The van der Waals surface area contributed by atoms with Crippen molar-refractivity contribution in [2.24, 2.45) is 7.05 Å². The Morgan fingerprint density at radius 2 is 1.60 bits per heavy atom. The first kappa shape index (κ1) is 22.5. The molecule has 0 bridgehead atoms. The van der Waals surface area contributed by atoms with Crippen LogP contribution in [0.4, 0.5) is 9.18 Å². The van der Waals surface area contributed by atoms with E-state index < -0.39 is 29.8 Å². The van der Waals surface area contributed by atoms with Gasteiger partial charge in [0.05, 0.1) is 17.8 Å². The number of nitrogens with zero attached hydrogens (tertiary/aromatic N) is 2. The van der Waals surface area contributed by atoms with Gasteiger partial charge in [-0.15, -0.1) is 0 Å². The number of amides is 3. The Morgan fingerprint density at radius 3 is 2.29 bits per heavy atom. The van der Waals surface area contributed by atoms with Gasteiger partial charge in [0.25, 0.3) is 5.91 Å². The lowest BCUT2D eigenvalue weighted by Gasteiger charge is -2.25. The molecule has 0 spiro atoms. The van der Waals surface area contributed by atoms with Gasteiger partial charge in [-0.1, -0.05) is 67.6 Å². The van der Waals surface area contributed by atoms with Gasteiger partial charge in [0.2, 0.25) is 0 Å². The van der Waals surface area contributed by atoms with Crippen LogP contribution in [0.5, 0.6) is 0 Å². The number of halogens is 1. The highest BCUT2D eigenvalue weighted by Crippen LogP contribution is 2.36. The third-order valence-electron chi connectivity index (χ3n) is 6.78. The highest BCUT2D eigenvalue weighted by Gasteiger charge is 2.51. The molecule has 1 aromatic heterocycles. The summed E-state index contributed by atoms with van der Waals surface area (Å²) in [6.45, 7) is 1.37. The number of benzene rings is 3. The van der Waals surface area contributed by atoms with Gasteiger partial charge in [-0.05, 0) is 35.7 Å². The smallest absolute Gasteiger partial charge is 0.325 e. The minimum absolute atomic E-state index is 0.261. The molecule has 1 atom stereocenters. The fourth-order valence-electron chi connectivity index (χ4n) is 4.98. The van der Waals surface area contributed by atoms with Crippen LogP contribution in [0.2, 0.25) is 0 Å². The second-order valence-corrected chi connectivity index (χ2v) is 8.68. The van der Waals surface area contributed by atoms with Crippen LogP contribution in [-0.4, -0.2) is 33.7 Å². The lowest BCUT2D eigenvalue weighted by molar-refractivity contribution is -0.131. The maximum absolute atomic E-state index is 13.8. The standard InChI is InChI=1S/C28H24FN3O3/c1-3-28(19-13-15-20(29)16-14-19)26(34)32(27(35)30-28)17-23(33)24-21-11-7-8-12-22(21)31(2)25(24)18-9-5-4-6-10-18/h4-16H,3,17H2,1-2H3,(H,30,35). The lowest BCUT2D eigenvalue weighted by Crippen LogP contribution is -2.43. The van der Waals surface area contributed by atoms with E-state index in [1.54, 1.807) is 6.92 Å². The van der Waals surface area contributed by atoms with Gasteiger partial charge in [-0.25, -0.2) is 9.18 Å². The van der Waals surface area contributed by atoms with Gasteiger partial charge < -0.3 is 9.88 Å². The van der Waals surface area contributed by atoms with Crippen molar-refractivity contribution in [1.82, 2.24) is 14.8 Å². The normalized spacial score (nSPS) is 17.7. The molecule has 3 aromatic carbocycles. The SMILES string of the molecule is CCC1(c2ccc(F)cc2)NC(=O)N(CC(=O)c2c(-c3ccccc3)n(C)c3ccccc23)C1=O. The number of ketones is 1. The number of nitrogens with one attached hydrogen (secondary N) is 1. The molecule has 4 aromatic rings. The summed E-state index contributed by atoms with van der Waals surface area (Å²) in [6.07, 6.45) is 0.261. The molecule has 35 heavy (non-hydrogen) atoms. The fourth-order valence-corrected chi connectivity index (χ4v) is 4.98. The molecule has 1 aliphatic rings. The Morgan fingerprint density at radius 1 is 0.943 bits per heavy atom. The Bertz CT molecular complexity index is 1460. The van der Waals surface area contributed by atoms with E-state index >= 15 is 0 Å². The van der Waals surface area contributed by atoms with Crippen molar-refractivity contribution >= 4 is 28.6 Å². The number of para-hydroxylation sites is 1. The van der Waals surface area contributed by atoms with Crippen LogP contribution in [0.3, 0.4) is 0 Å². The van der Waals surface area contributed by atoms with E-state index in [-0.39, 0.29) is 12.2 Å². The van der Waals surface area contributed by atoms with Crippen molar-refractivity contribution in [3.05, 3.63) is 95.8 Å². The van der Waals surface area contributed by atoms with Crippen LogP contribution in [0, 0.1) is 5.82 Å². The summed E-state index contributed by atoms with van der Waals surface area (Å²) in [6, 6.07) is 22.0. The number of aromatic nitrogens is 1. The van der Waals surface area contributed by atoms with Crippen LogP contribution >= 0.6 is 0 Å². The van der Waals surface area contributed by atoms with Crippen LogP contribution < -0.4 is 5.32 Å². The van der Waals surface area contributed by atoms with E-state index in [0.29, 0.717) is 11.1 Å². The molecule has 1 unspecified atom stereocenters. The first-order valence-corrected chi connectivity index (χ1v) is 11.4. The Hall–Kier alpha value is -4.26. The zero-order valence-corrected chi connectivity index (χ0v) is 19.4. The fraction of sp³-hybridized carbons (Fsp3) is 0.179. The zero-order chi connectivity index (χ0) is 24.7. The van der Waals surface area contributed by atoms with Crippen LogP contribution in [-0.2, 0) is 17.4 Å². The van der Waals surface area contributed by atoms with E-state index in [4.69, 9.17) is 0 Å². The molecular formula is C28H24FN3O3. The summed E-state index contributed by atoms with van der Waals surface area (Å²) in [7, 11) is 1.89. The number of aryl methyl sites for hydroxylation is 1. The van der Waals surface area contributed by atoms with Crippen molar-refractivity contribution in [2.75, 3.05) is 6.54 Å². The van der Waals surface area contributed by atoms with Crippen molar-refractivity contribution in [2.45, 2.75) is 18.9 Å². The summed E-state index contributed by atoms with van der Waals surface area (Å²) in [5.74, 6) is -1.30. The summed E-state index contributed by atoms with van der Waals surface area (Å²) < 4.78 is 15.4. The molecular weight excluding hydrogens is 445 g/mol. The molecule has 1 N–H and O–H groups in total. The molecule has 0 radical (unpaired) electrons. The summed E-state index contributed by atoms with van der Waals surface area (Å²) in [5, 5.41) is 3.51. The topological polar surface area (TPSA) is 71.4 Å². The third kappa shape index (κ3) is 3.51. The maximum atomic E-state index is 13.8. The number of fused-ring (bicyclic) bond motifs is 1. The minimum atomic E-state index is -1.34. The average molecular weight is 470 g/mol. The number of urea groups is 1. The highest BCUT2D eigenvalue weighted by molar-refractivity contribution is 6.17. The molecule has 1 aliphatic heterocycles. The van der Waals surface area contributed by atoms with Crippen molar-refractivity contribution in [3.63, 3.8) is 0 Å². The van der Waals surface area contributed by atoms with Gasteiger partial charge in [0.15, 0.2) is 5.78 Å². The molecule has 2 heterocycles. The van der Waals surface area contributed by atoms with Gasteiger partial charge in [-0.2, -0.15) is 0 Å². The molecule has 1 fully saturated rings.